The molecule has 358 valence electrons. The van der Waals surface area contributed by atoms with Gasteiger partial charge in [0.1, 0.15) is 34.3 Å². The summed E-state index contributed by atoms with van der Waals surface area (Å²) in [6.45, 7) is 1.18. The average Bonchev–Trinajstić information content (AvgIpc) is 3.80. The molecule has 3 heterocycles. The molecule has 1 aliphatic heterocycles. The number of fused-ring (bicyclic) bond motifs is 1. The number of nitro groups is 1. The molecule has 2 aliphatic rings. The Balaban J connectivity index is 1.07. The van der Waals surface area contributed by atoms with Crippen molar-refractivity contribution in [2.45, 2.75) is 36.9 Å². The second-order valence-corrected chi connectivity index (χ2v) is 18.1. The van der Waals surface area contributed by atoms with E-state index in [1.165, 1.54) is 37.8 Å². The number of anilines is 1. The molecule has 1 saturated carbocycles. The van der Waals surface area contributed by atoms with Gasteiger partial charge in [0.2, 0.25) is 10.0 Å². The predicted molar refractivity (Wildman–Crippen MR) is 246 cm³/mol. The average molecular weight is 956 g/mol. The first-order valence-electron chi connectivity index (χ1n) is 21.7. The number of benzene rings is 4. The SMILES string of the molecule is COC(=O)c1ccc(F)cc1Oc1cc2cc[nH]c2nc1OC[C@H]1CC[C@@H]1COc1cc(S(=O)(=O)N(Cc2ccc(OC)cc2)Cc2ccc(OC)cc2)cc([N+](=O)[O-])c1NC[C@H]1COCCO1. The molecule has 0 unspecified atom stereocenters. The Morgan fingerprint density at radius 1 is 0.868 bits per heavy atom. The molecule has 18 nitrogen and oxygen atoms in total. The zero-order valence-electron chi connectivity index (χ0n) is 37.5. The molecule has 0 spiro atoms. The molecule has 3 atom stereocenters. The number of rotatable bonds is 21. The molecular weight excluding hydrogens is 906 g/mol. The Morgan fingerprint density at radius 3 is 2.15 bits per heavy atom. The number of sulfonamides is 1. The number of hydrogen-bond acceptors (Lipinski definition) is 15. The van der Waals surface area contributed by atoms with Crippen LogP contribution in [-0.4, -0.2) is 101 Å². The Morgan fingerprint density at radius 2 is 1.54 bits per heavy atom. The Labute approximate surface area is 391 Å². The van der Waals surface area contributed by atoms with Crippen LogP contribution >= 0.6 is 0 Å². The summed E-state index contributed by atoms with van der Waals surface area (Å²) in [5.41, 5.74) is 1.29. The maximum absolute atomic E-state index is 14.9. The molecular formula is C48H50FN5O13S. The van der Waals surface area contributed by atoms with Crippen LogP contribution in [0.5, 0.6) is 34.6 Å². The van der Waals surface area contributed by atoms with Crippen molar-refractivity contribution in [2.24, 2.45) is 11.8 Å². The van der Waals surface area contributed by atoms with Crippen LogP contribution in [0.2, 0.25) is 0 Å². The summed E-state index contributed by atoms with van der Waals surface area (Å²) in [6, 6.07) is 23.2. The summed E-state index contributed by atoms with van der Waals surface area (Å²) in [5.74, 6) is -0.335. The van der Waals surface area contributed by atoms with E-state index >= 15 is 0 Å². The first-order valence-corrected chi connectivity index (χ1v) is 23.2. The van der Waals surface area contributed by atoms with E-state index in [-0.39, 0.29) is 90.6 Å². The number of carbonyl (C=O) groups is 1. The number of H-pyrrole nitrogens is 1. The number of nitrogens with one attached hydrogen (secondary N) is 2. The van der Waals surface area contributed by atoms with Gasteiger partial charge in [0.25, 0.3) is 11.6 Å². The third-order valence-electron chi connectivity index (χ3n) is 11.8. The summed E-state index contributed by atoms with van der Waals surface area (Å²) < 4.78 is 91.0. The van der Waals surface area contributed by atoms with Crippen molar-refractivity contribution in [3.8, 4) is 34.6 Å². The van der Waals surface area contributed by atoms with Gasteiger partial charge in [-0.2, -0.15) is 9.29 Å². The molecule has 1 aliphatic carbocycles. The van der Waals surface area contributed by atoms with E-state index in [4.69, 9.17) is 37.9 Å². The van der Waals surface area contributed by atoms with Gasteiger partial charge in [-0.15, -0.1) is 0 Å². The van der Waals surface area contributed by atoms with Crippen molar-refractivity contribution < 1.29 is 60.4 Å². The number of aromatic amines is 1. The maximum Gasteiger partial charge on any atom is 0.341 e. The molecule has 4 aromatic carbocycles. The molecule has 68 heavy (non-hydrogen) atoms. The van der Waals surface area contributed by atoms with E-state index in [9.17, 15) is 27.7 Å². The molecule has 1 saturated heterocycles. The Hall–Kier alpha value is -7.00. The van der Waals surface area contributed by atoms with Crippen LogP contribution in [0.1, 0.15) is 34.3 Å². The quantitative estimate of drug-likeness (QED) is 0.0399. The molecule has 2 aromatic heterocycles. The van der Waals surface area contributed by atoms with Crippen LogP contribution in [0, 0.1) is 27.8 Å². The Bertz CT molecular complexity index is 2790. The van der Waals surface area contributed by atoms with Crippen molar-refractivity contribution in [3.05, 3.63) is 130 Å². The minimum Gasteiger partial charge on any atom is -0.497 e. The van der Waals surface area contributed by atoms with Gasteiger partial charge >= 0.3 is 5.97 Å². The molecule has 8 rings (SSSR count). The summed E-state index contributed by atoms with van der Waals surface area (Å²) >= 11 is 0. The second kappa shape index (κ2) is 21.3. The fourth-order valence-electron chi connectivity index (χ4n) is 7.83. The van der Waals surface area contributed by atoms with E-state index < -0.39 is 38.5 Å². The van der Waals surface area contributed by atoms with Crippen LogP contribution in [0.15, 0.2) is 102 Å². The molecule has 0 radical (unpaired) electrons. The number of ether oxygens (including phenoxy) is 8. The summed E-state index contributed by atoms with van der Waals surface area (Å²) in [5, 5.41) is 16.7. The van der Waals surface area contributed by atoms with Crippen molar-refractivity contribution in [2.75, 3.05) is 66.2 Å². The fraction of sp³-hybridized carbons (Fsp3) is 0.333. The van der Waals surface area contributed by atoms with Gasteiger partial charge in [0.15, 0.2) is 17.2 Å². The van der Waals surface area contributed by atoms with Crippen LogP contribution < -0.4 is 29.0 Å². The smallest absolute Gasteiger partial charge is 0.341 e. The van der Waals surface area contributed by atoms with Gasteiger partial charge in [-0.25, -0.2) is 17.6 Å². The number of nitrogens with zero attached hydrogens (tertiary/aromatic N) is 3. The van der Waals surface area contributed by atoms with Gasteiger partial charge in [0, 0.05) is 49.4 Å². The molecule has 2 N–H and O–H groups in total. The predicted octanol–water partition coefficient (Wildman–Crippen LogP) is 7.91. The Kier molecular flexibility index (Phi) is 14.9. The zero-order chi connectivity index (χ0) is 47.8. The van der Waals surface area contributed by atoms with Gasteiger partial charge in [-0.3, -0.25) is 10.1 Å². The third-order valence-corrected chi connectivity index (χ3v) is 13.6. The van der Waals surface area contributed by atoms with Crippen LogP contribution in [0.3, 0.4) is 0 Å². The van der Waals surface area contributed by atoms with Crippen LogP contribution in [0.4, 0.5) is 15.8 Å². The summed E-state index contributed by atoms with van der Waals surface area (Å²) in [6.07, 6.45) is 2.70. The van der Waals surface area contributed by atoms with Gasteiger partial charge < -0.3 is 48.2 Å². The van der Waals surface area contributed by atoms with Gasteiger partial charge in [0.05, 0.1) is 70.3 Å². The van der Waals surface area contributed by atoms with Gasteiger partial charge in [-0.05, 0) is 84.3 Å². The van der Waals surface area contributed by atoms with Crippen molar-refractivity contribution >= 4 is 38.4 Å². The van der Waals surface area contributed by atoms with E-state index in [1.54, 1.807) is 66.9 Å². The lowest BCUT2D eigenvalue weighted by Gasteiger charge is -2.36. The number of methoxy groups -OCH3 is 3. The van der Waals surface area contributed by atoms with Gasteiger partial charge in [-0.1, -0.05) is 24.3 Å². The normalized spacial score (nSPS) is 17.0. The highest BCUT2D eigenvalue weighted by atomic mass is 32.2. The maximum atomic E-state index is 14.9. The highest BCUT2D eigenvalue weighted by molar-refractivity contribution is 7.89. The monoisotopic (exact) mass is 955 g/mol. The van der Waals surface area contributed by atoms with Crippen LogP contribution in [0.25, 0.3) is 11.0 Å². The van der Waals surface area contributed by atoms with Crippen LogP contribution in [-0.2, 0) is 37.3 Å². The van der Waals surface area contributed by atoms with E-state index in [1.807, 2.05) is 0 Å². The number of aromatic nitrogens is 2. The van der Waals surface area contributed by atoms with Crippen molar-refractivity contribution in [1.29, 1.82) is 0 Å². The molecule has 6 aromatic rings. The third kappa shape index (κ3) is 11.1. The van der Waals surface area contributed by atoms with E-state index in [0.29, 0.717) is 53.3 Å². The zero-order valence-corrected chi connectivity index (χ0v) is 38.3. The van der Waals surface area contributed by atoms with Crippen molar-refractivity contribution in [3.63, 3.8) is 0 Å². The number of pyridine rings is 1. The minimum absolute atomic E-state index is 0.00188. The number of nitro benzene ring substituents is 1. The molecule has 0 amide bonds. The molecule has 2 fully saturated rings. The highest BCUT2D eigenvalue weighted by Gasteiger charge is 2.35. The lowest BCUT2D eigenvalue weighted by atomic mass is 9.74. The number of esters is 1. The number of hydrogen-bond donors (Lipinski definition) is 2. The first kappa shape index (κ1) is 47.5. The topological polar surface area (TPSA) is 212 Å². The number of carbonyl (C=O) groups excluding carboxylic acids is 1. The number of halogens is 1. The standard InChI is InChI=1S/C48H50FN5O13S/c1-60-36-11-4-30(5-12-36)25-53(26-31-6-13-37(61-2)14-7-31)68(58,59)39-22-41(54(56)57)45(51-24-38-29-63-18-19-64-38)43(23-39)65-27-33-8-9-34(33)28-66-47-44(20-32-16-17-50-46(32)52-47)67-42-21-35(49)10-15-40(42)48(55)62-3/h4-7,10-17,20-23,33-34,38,51H,8-9,18-19,24-29H2,1-3H3,(H,50,52)/t33-,34-,38+/m1/s1. The van der Waals surface area contributed by atoms with Crippen molar-refractivity contribution in [1.82, 2.24) is 14.3 Å². The molecule has 20 heteroatoms. The summed E-state index contributed by atoms with van der Waals surface area (Å²) in [7, 11) is -0.189. The first-order chi connectivity index (χ1) is 32.9. The molecule has 0 bridgehead atoms. The minimum atomic E-state index is -4.46. The lowest BCUT2D eigenvalue weighted by Crippen LogP contribution is -2.36. The fourth-order valence-corrected chi connectivity index (χ4v) is 9.29. The lowest BCUT2D eigenvalue weighted by molar-refractivity contribution is -0.384. The van der Waals surface area contributed by atoms with E-state index in [2.05, 4.69) is 15.3 Å². The largest absolute Gasteiger partial charge is 0.497 e. The highest BCUT2D eigenvalue weighted by Crippen LogP contribution is 2.42. The summed E-state index contributed by atoms with van der Waals surface area (Å²) in [4.78, 5) is 32.1. The second-order valence-electron chi connectivity index (χ2n) is 16.2. The van der Waals surface area contributed by atoms with E-state index in [0.717, 1.165) is 24.6 Å².